The van der Waals surface area contributed by atoms with Gasteiger partial charge in [0.25, 0.3) is 0 Å². The molecular formula is C24H33N3O5S. The molecule has 1 saturated heterocycles. The molecule has 0 radical (unpaired) electrons. The number of hydrogen-bond acceptors (Lipinski definition) is 7. The highest BCUT2D eigenvalue weighted by Gasteiger charge is 2.42. The predicted octanol–water partition coefficient (Wildman–Crippen LogP) is 2.34. The first-order valence-corrected chi connectivity index (χ1v) is 13.6. The third kappa shape index (κ3) is 5.24. The molecule has 9 heteroatoms. The van der Waals surface area contributed by atoms with Crippen LogP contribution in [-0.4, -0.2) is 81.8 Å². The molecule has 2 aliphatic heterocycles. The SMILES string of the molecule is COc1ccc(C2=NN(C3CCN(CCS(C)(=O)=O)CC3)C(=O)[C@@H]3CC=CC[C@H]23)cc1OC. The van der Waals surface area contributed by atoms with E-state index in [1.54, 1.807) is 19.2 Å². The maximum atomic E-state index is 13.4. The van der Waals surface area contributed by atoms with Crippen molar-refractivity contribution >= 4 is 21.5 Å². The minimum Gasteiger partial charge on any atom is -0.493 e. The van der Waals surface area contributed by atoms with Gasteiger partial charge in [-0.3, -0.25) is 4.79 Å². The van der Waals surface area contributed by atoms with E-state index >= 15 is 0 Å². The molecule has 1 fully saturated rings. The van der Waals surface area contributed by atoms with Gasteiger partial charge in [-0.05, 0) is 43.9 Å². The quantitative estimate of drug-likeness (QED) is 0.563. The summed E-state index contributed by atoms with van der Waals surface area (Å²) in [7, 11) is 0.244. The Kier molecular flexibility index (Phi) is 7.09. The van der Waals surface area contributed by atoms with Crippen LogP contribution in [0, 0.1) is 11.8 Å². The van der Waals surface area contributed by atoms with Crippen LogP contribution < -0.4 is 9.47 Å². The molecule has 8 nitrogen and oxygen atoms in total. The van der Waals surface area contributed by atoms with Gasteiger partial charge in [0.05, 0.1) is 37.6 Å². The van der Waals surface area contributed by atoms with E-state index in [1.807, 2.05) is 18.2 Å². The maximum Gasteiger partial charge on any atom is 0.247 e. The molecule has 0 N–H and O–H groups in total. The van der Waals surface area contributed by atoms with Crippen molar-refractivity contribution in [1.29, 1.82) is 0 Å². The Morgan fingerprint density at radius 2 is 1.70 bits per heavy atom. The number of sulfone groups is 1. The van der Waals surface area contributed by atoms with E-state index in [4.69, 9.17) is 14.6 Å². The van der Waals surface area contributed by atoms with Crippen LogP contribution in [0.25, 0.3) is 0 Å². The molecule has 33 heavy (non-hydrogen) atoms. The first kappa shape index (κ1) is 23.8. The molecule has 1 aliphatic carbocycles. The molecule has 1 aromatic carbocycles. The van der Waals surface area contributed by atoms with E-state index in [0.29, 0.717) is 18.0 Å². The number of likely N-dealkylation sites (tertiary alicyclic amines) is 1. The number of allylic oxidation sites excluding steroid dienone is 2. The molecule has 180 valence electrons. The first-order chi connectivity index (χ1) is 15.8. The molecule has 0 bridgehead atoms. The van der Waals surface area contributed by atoms with Crippen molar-refractivity contribution in [2.24, 2.45) is 16.9 Å². The average molecular weight is 476 g/mol. The Balaban J connectivity index is 1.58. The fraction of sp³-hybridized carbons (Fsp3) is 0.583. The normalized spacial score (nSPS) is 24.4. The van der Waals surface area contributed by atoms with Gasteiger partial charge >= 0.3 is 0 Å². The second kappa shape index (κ2) is 9.85. The number of carbonyl (C=O) groups is 1. The van der Waals surface area contributed by atoms with E-state index < -0.39 is 9.84 Å². The smallest absolute Gasteiger partial charge is 0.247 e. The van der Waals surface area contributed by atoms with Gasteiger partial charge in [0, 0.05) is 37.4 Å². The number of hydrogen-bond donors (Lipinski definition) is 0. The molecule has 2 atom stereocenters. The first-order valence-electron chi connectivity index (χ1n) is 11.5. The van der Waals surface area contributed by atoms with Crippen LogP contribution in [0.1, 0.15) is 31.2 Å². The van der Waals surface area contributed by atoms with E-state index in [-0.39, 0.29) is 29.5 Å². The van der Waals surface area contributed by atoms with Gasteiger partial charge < -0.3 is 14.4 Å². The molecule has 0 spiro atoms. The number of carbonyl (C=O) groups excluding carboxylic acids is 1. The summed E-state index contributed by atoms with van der Waals surface area (Å²) in [5.41, 5.74) is 1.87. The number of hydrazone groups is 1. The number of fused-ring (bicyclic) bond motifs is 1. The summed E-state index contributed by atoms with van der Waals surface area (Å²) in [5, 5.41) is 6.66. The summed E-state index contributed by atoms with van der Waals surface area (Å²) in [5.74, 6) is 1.50. The summed E-state index contributed by atoms with van der Waals surface area (Å²) < 4.78 is 33.9. The summed E-state index contributed by atoms with van der Waals surface area (Å²) in [6.45, 7) is 2.06. The number of benzene rings is 1. The highest BCUT2D eigenvalue weighted by Crippen LogP contribution is 2.38. The number of ether oxygens (including phenoxy) is 2. The third-order valence-electron chi connectivity index (χ3n) is 6.90. The van der Waals surface area contributed by atoms with Gasteiger partial charge in [0.1, 0.15) is 9.84 Å². The summed E-state index contributed by atoms with van der Waals surface area (Å²) >= 11 is 0. The van der Waals surface area contributed by atoms with Gasteiger partial charge in [0.2, 0.25) is 5.91 Å². The van der Waals surface area contributed by atoms with Crippen molar-refractivity contribution in [2.45, 2.75) is 31.7 Å². The Morgan fingerprint density at radius 3 is 2.33 bits per heavy atom. The van der Waals surface area contributed by atoms with Crippen LogP contribution in [0.2, 0.25) is 0 Å². The minimum atomic E-state index is -2.98. The lowest BCUT2D eigenvalue weighted by Crippen LogP contribution is -2.52. The summed E-state index contributed by atoms with van der Waals surface area (Å²) in [4.78, 5) is 15.6. The Labute approximate surface area is 196 Å². The van der Waals surface area contributed by atoms with Crippen molar-refractivity contribution in [2.75, 3.05) is 45.9 Å². The lowest BCUT2D eigenvalue weighted by atomic mass is 9.76. The van der Waals surface area contributed by atoms with Crippen LogP contribution in [0.4, 0.5) is 0 Å². The summed E-state index contributed by atoms with van der Waals surface area (Å²) in [6, 6.07) is 5.83. The number of rotatable bonds is 7. The van der Waals surface area contributed by atoms with Crippen molar-refractivity contribution in [3.63, 3.8) is 0 Å². The molecule has 0 unspecified atom stereocenters. The molecule has 1 aromatic rings. The zero-order valence-corrected chi connectivity index (χ0v) is 20.4. The van der Waals surface area contributed by atoms with Crippen LogP contribution in [0.15, 0.2) is 35.5 Å². The Morgan fingerprint density at radius 1 is 1.03 bits per heavy atom. The van der Waals surface area contributed by atoms with Crippen molar-refractivity contribution in [3.8, 4) is 11.5 Å². The molecule has 0 saturated carbocycles. The number of piperidine rings is 1. The monoisotopic (exact) mass is 475 g/mol. The van der Waals surface area contributed by atoms with Crippen molar-refractivity contribution in [1.82, 2.24) is 9.91 Å². The molecular weight excluding hydrogens is 442 g/mol. The second-order valence-electron chi connectivity index (χ2n) is 9.10. The van der Waals surface area contributed by atoms with E-state index in [9.17, 15) is 13.2 Å². The van der Waals surface area contributed by atoms with Gasteiger partial charge in [0.15, 0.2) is 11.5 Å². The van der Waals surface area contributed by atoms with Gasteiger partial charge in [-0.2, -0.15) is 5.10 Å². The largest absolute Gasteiger partial charge is 0.493 e. The molecule has 3 aliphatic rings. The third-order valence-corrected chi connectivity index (χ3v) is 7.83. The lowest BCUT2D eigenvalue weighted by Gasteiger charge is -2.42. The van der Waals surface area contributed by atoms with Crippen LogP contribution in [-0.2, 0) is 14.6 Å². The zero-order chi connectivity index (χ0) is 23.6. The van der Waals surface area contributed by atoms with Gasteiger partial charge in [-0.15, -0.1) is 0 Å². The zero-order valence-electron chi connectivity index (χ0n) is 19.6. The number of amides is 1. The topological polar surface area (TPSA) is 88.5 Å². The van der Waals surface area contributed by atoms with E-state index in [0.717, 1.165) is 50.0 Å². The minimum absolute atomic E-state index is 0.0222. The number of nitrogens with zero attached hydrogens (tertiary/aromatic N) is 3. The Bertz CT molecular complexity index is 1040. The Hall–Kier alpha value is -2.39. The molecule has 0 aromatic heterocycles. The second-order valence-corrected chi connectivity index (χ2v) is 11.4. The highest BCUT2D eigenvalue weighted by atomic mass is 32.2. The van der Waals surface area contributed by atoms with Crippen LogP contribution in [0.3, 0.4) is 0 Å². The number of methoxy groups -OCH3 is 2. The molecule has 1 amide bonds. The predicted molar refractivity (Wildman–Crippen MR) is 127 cm³/mol. The van der Waals surface area contributed by atoms with Crippen molar-refractivity contribution in [3.05, 3.63) is 35.9 Å². The maximum absolute atomic E-state index is 13.4. The van der Waals surface area contributed by atoms with E-state index in [1.165, 1.54) is 6.26 Å². The fourth-order valence-corrected chi connectivity index (χ4v) is 5.60. The van der Waals surface area contributed by atoms with Crippen LogP contribution in [0.5, 0.6) is 11.5 Å². The standard InChI is InChI=1S/C24H33N3O5S/c1-31-21-9-8-17(16-22(21)32-2)23-19-6-4-5-7-20(19)24(28)27(25-23)18-10-12-26(13-11-18)14-15-33(3,29)30/h4-5,8-9,16,18-20H,6-7,10-15H2,1-3H3/t19-,20+/m0/s1. The average Bonchev–Trinajstić information content (AvgIpc) is 2.83. The van der Waals surface area contributed by atoms with Crippen molar-refractivity contribution < 1.29 is 22.7 Å². The lowest BCUT2D eigenvalue weighted by molar-refractivity contribution is -0.141. The van der Waals surface area contributed by atoms with Gasteiger partial charge in [-0.1, -0.05) is 12.2 Å². The molecule has 2 heterocycles. The fourth-order valence-electron chi connectivity index (χ4n) is 5.01. The van der Waals surface area contributed by atoms with Gasteiger partial charge in [-0.25, -0.2) is 13.4 Å². The summed E-state index contributed by atoms with van der Waals surface area (Å²) in [6.07, 6.45) is 8.59. The van der Waals surface area contributed by atoms with Crippen LogP contribution >= 0.6 is 0 Å². The van der Waals surface area contributed by atoms with E-state index in [2.05, 4.69) is 17.1 Å². The molecule has 4 rings (SSSR count). The highest BCUT2D eigenvalue weighted by molar-refractivity contribution is 7.90.